The normalized spacial score (nSPS) is 11.9. The number of hydrogen-bond acceptors (Lipinski definition) is 5. The molecule has 0 spiro atoms. The lowest BCUT2D eigenvalue weighted by atomic mass is 10.5. The quantitative estimate of drug-likeness (QED) is 0.502. The molecule has 0 aliphatic heterocycles. The molecule has 0 radical (unpaired) electrons. The highest BCUT2D eigenvalue weighted by molar-refractivity contribution is 6.60. The SMILES string of the molecule is CO[Si](CCCOCc1ccco1)(OC)OC. The Balaban J connectivity index is 2.14. The summed E-state index contributed by atoms with van der Waals surface area (Å²) in [6, 6.07) is 4.48. The molecule has 0 unspecified atom stereocenters. The number of hydrogen-bond donors (Lipinski definition) is 0. The zero-order chi connectivity index (χ0) is 12.6. The maximum atomic E-state index is 5.47. The first kappa shape index (κ1) is 14.4. The largest absolute Gasteiger partial charge is 0.500 e. The van der Waals surface area contributed by atoms with Gasteiger partial charge in [0.15, 0.2) is 0 Å². The summed E-state index contributed by atoms with van der Waals surface area (Å²) in [7, 11) is 2.40. The summed E-state index contributed by atoms with van der Waals surface area (Å²) in [5.74, 6) is 0.832. The van der Waals surface area contributed by atoms with E-state index in [9.17, 15) is 0 Å². The fraction of sp³-hybridized carbons (Fsp3) is 0.636. The Labute approximate surface area is 103 Å². The van der Waals surface area contributed by atoms with Crippen LogP contribution < -0.4 is 0 Å². The zero-order valence-electron chi connectivity index (χ0n) is 10.6. The lowest BCUT2D eigenvalue weighted by Crippen LogP contribution is -2.42. The van der Waals surface area contributed by atoms with Crippen LogP contribution in [0.15, 0.2) is 22.8 Å². The second-order valence-electron chi connectivity index (χ2n) is 3.53. The topological polar surface area (TPSA) is 50.1 Å². The van der Waals surface area contributed by atoms with Crippen LogP contribution in [0, 0.1) is 0 Å². The minimum absolute atomic E-state index is 0.495. The van der Waals surface area contributed by atoms with Crippen LogP contribution in [0.3, 0.4) is 0 Å². The molecule has 5 nitrogen and oxygen atoms in total. The molecule has 0 aliphatic rings. The summed E-state index contributed by atoms with van der Waals surface area (Å²) in [6.07, 6.45) is 2.47. The van der Waals surface area contributed by atoms with Crippen molar-refractivity contribution in [3.63, 3.8) is 0 Å². The van der Waals surface area contributed by atoms with Gasteiger partial charge in [0.1, 0.15) is 12.4 Å². The van der Waals surface area contributed by atoms with E-state index in [2.05, 4.69) is 0 Å². The Morgan fingerprint density at radius 1 is 1.18 bits per heavy atom. The predicted molar refractivity (Wildman–Crippen MR) is 64.6 cm³/mol. The average molecular weight is 260 g/mol. The smallest absolute Gasteiger partial charge is 0.467 e. The molecule has 1 aromatic heterocycles. The highest BCUT2D eigenvalue weighted by atomic mass is 28.4. The Morgan fingerprint density at radius 2 is 1.88 bits per heavy atom. The van der Waals surface area contributed by atoms with Gasteiger partial charge >= 0.3 is 8.80 Å². The number of furan rings is 1. The van der Waals surface area contributed by atoms with Crippen molar-refractivity contribution in [1.82, 2.24) is 0 Å². The maximum absolute atomic E-state index is 5.47. The van der Waals surface area contributed by atoms with Crippen molar-refractivity contribution in [2.75, 3.05) is 27.9 Å². The van der Waals surface area contributed by atoms with Crippen molar-refractivity contribution in [2.24, 2.45) is 0 Å². The molecule has 0 saturated heterocycles. The first-order chi connectivity index (χ1) is 8.26. The molecule has 0 atom stereocenters. The lowest BCUT2D eigenvalue weighted by Gasteiger charge is -2.24. The van der Waals surface area contributed by atoms with Gasteiger partial charge in [-0.2, -0.15) is 0 Å². The zero-order valence-corrected chi connectivity index (χ0v) is 11.6. The first-order valence-electron chi connectivity index (χ1n) is 5.52. The minimum Gasteiger partial charge on any atom is -0.467 e. The fourth-order valence-electron chi connectivity index (χ4n) is 1.51. The van der Waals surface area contributed by atoms with Crippen LogP contribution in [-0.4, -0.2) is 36.7 Å². The van der Waals surface area contributed by atoms with Crippen LogP contribution in [0.5, 0.6) is 0 Å². The monoisotopic (exact) mass is 260 g/mol. The molecule has 0 aliphatic carbocycles. The highest BCUT2D eigenvalue weighted by Crippen LogP contribution is 2.15. The van der Waals surface area contributed by atoms with E-state index in [-0.39, 0.29) is 0 Å². The van der Waals surface area contributed by atoms with Gasteiger partial charge in [0.05, 0.1) is 6.26 Å². The summed E-state index contributed by atoms with van der Waals surface area (Å²) >= 11 is 0. The van der Waals surface area contributed by atoms with Gasteiger partial charge in [0.2, 0.25) is 0 Å². The average Bonchev–Trinajstić information content (AvgIpc) is 2.88. The van der Waals surface area contributed by atoms with Crippen LogP contribution in [-0.2, 0) is 24.6 Å². The van der Waals surface area contributed by atoms with Crippen LogP contribution in [0.2, 0.25) is 6.04 Å². The molecule has 0 amide bonds. The summed E-state index contributed by atoms with van der Waals surface area (Å²) in [4.78, 5) is 0. The Kier molecular flexibility index (Phi) is 6.46. The third-order valence-corrected chi connectivity index (χ3v) is 5.36. The van der Waals surface area contributed by atoms with Gasteiger partial charge in [-0.1, -0.05) is 0 Å². The molecule has 98 valence electrons. The molecule has 6 heteroatoms. The Bertz CT molecular complexity index is 276. The van der Waals surface area contributed by atoms with E-state index in [1.807, 2.05) is 12.1 Å². The van der Waals surface area contributed by atoms with Crippen molar-refractivity contribution < 1.29 is 22.4 Å². The Hall–Kier alpha value is -0.663. The molecule has 1 heterocycles. The predicted octanol–water partition coefficient (Wildman–Crippen LogP) is 2.06. The van der Waals surface area contributed by atoms with E-state index >= 15 is 0 Å². The van der Waals surface area contributed by atoms with Gasteiger partial charge < -0.3 is 22.4 Å². The summed E-state index contributed by atoms with van der Waals surface area (Å²) in [6.45, 7) is 1.13. The van der Waals surface area contributed by atoms with Gasteiger partial charge in [-0.05, 0) is 18.6 Å². The second kappa shape index (κ2) is 7.62. The summed E-state index contributed by atoms with van der Waals surface area (Å²) in [5.41, 5.74) is 0. The molecular formula is C11H20O5Si. The molecule has 0 N–H and O–H groups in total. The molecule has 17 heavy (non-hydrogen) atoms. The van der Waals surface area contributed by atoms with Crippen molar-refractivity contribution in [3.8, 4) is 0 Å². The van der Waals surface area contributed by atoms with Gasteiger partial charge in [-0.3, -0.25) is 0 Å². The van der Waals surface area contributed by atoms with E-state index in [0.29, 0.717) is 13.2 Å². The van der Waals surface area contributed by atoms with Crippen LogP contribution in [0.4, 0.5) is 0 Å². The van der Waals surface area contributed by atoms with E-state index in [1.165, 1.54) is 0 Å². The summed E-state index contributed by atoms with van der Waals surface area (Å²) < 4.78 is 26.6. The third kappa shape index (κ3) is 4.61. The Morgan fingerprint density at radius 3 is 2.41 bits per heavy atom. The molecular weight excluding hydrogens is 240 g/mol. The van der Waals surface area contributed by atoms with Crippen LogP contribution in [0.1, 0.15) is 12.2 Å². The number of rotatable bonds is 9. The number of ether oxygens (including phenoxy) is 1. The van der Waals surface area contributed by atoms with Crippen molar-refractivity contribution in [2.45, 2.75) is 19.1 Å². The van der Waals surface area contributed by atoms with E-state index < -0.39 is 8.80 Å². The molecule has 0 fully saturated rings. The summed E-state index contributed by atoms with van der Waals surface area (Å²) in [5, 5.41) is 0. The lowest BCUT2D eigenvalue weighted by molar-refractivity contribution is 0.0932. The second-order valence-corrected chi connectivity index (χ2v) is 6.62. The van der Waals surface area contributed by atoms with E-state index in [0.717, 1.165) is 18.2 Å². The molecule has 1 rings (SSSR count). The fourth-order valence-corrected chi connectivity index (χ4v) is 3.20. The van der Waals surface area contributed by atoms with E-state index in [4.69, 9.17) is 22.4 Å². The van der Waals surface area contributed by atoms with Gasteiger partial charge in [-0.15, -0.1) is 0 Å². The van der Waals surface area contributed by atoms with Crippen LogP contribution in [0.25, 0.3) is 0 Å². The molecule has 1 aromatic rings. The van der Waals surface area contributed by atoms with Crippen molar-refractivity contribution >= 4 is 8.80 Å². The van der Waals surface area contributed by atoms with E-state index in [1.54, 1.807) is 27.6 Å². The highest BCUT2D eigenvalue weighted by Gasteiger charge is 2.36. The van der Waals surface area contributed by atoms with Crippen molar-refractivity contribution in [3.05, 3.63) is 24.2 Å². The van der Waals surface area contributed by atoms with Gasteiger partial charge in [0, 0.05) is 34.0 Å². The standard InChI is InChI=1S/C11H20O5Si/c1-12-17(13-2,14-3)9-5-7-15-10-11-6-4-8-16-11/h4,6,8H,5,7,9-10H2,1-3H3. The van der Waals surface area contributed by atoms with Crippen LogP contribution >= 0.6 is 0 Å². The molecule has 0 saturated carbocycles. The maximum Gasteiger partial charge on any atom is 0.500 e. The molecule has 0 aromatic carbocycles. The first-order valence-corrected chi connectivity index (χ1v) is 7.45. The minimum atomic E-state index is -2.44. The third-order valence-electron chi connectivity index (χ3n) is 2.53. The van der Waals surface area contributed by atoms with Gasteiger partial charge in [0.25, 0.3) is 0 Å². The van der Waals surface area contributed by atoms with Crippen molar-refractivity contribution in [1.29, 1.82) is 0 Å². The van der Waals surface area contributed by atoms with Gasteiger partial charge in [-0.25, -0.2) is 0 Å². The molecule has 0 bridgehead atoms.